The standard InChI is InChI=1S/C15H17BrN4O/c1-10-6-7-13(14(17)19-21)15(18-10)20(2)9-11-4-3-5-12(16)8-11/h3-8,21H,9H2,1-2H3,(H2,17,19). The number of rotatable bonds is 4. The quantitative estimate of drug-likeness (QED) is 0.385. The Balaban J connectivity index is 2.34. The third-order valence-electron chi connectivity index (χ3n) is 3.07. The predicted molar refractivity (Wildman–Crippen MR) is 87.7 cm³/mol. The molecule has 0 fully saturated rings. The Morgan fingerprint density at radius 3 is 2.81 bits per heavy atom. The number of aryl methyl sites for hydroxylation is 1. The van der Waals surface area contributed by atoms with Crippen LogP contribution in [0.3, 0.4) is 0 Å². The van der Waals surface area contributed by atoms with Crippen molar-refractivity contribution in [1.29, 1.82) is 0 Å². The fourth-order valence-electron chi connectivity index (χ4n) is 2.07. The molecule has 3 N–H and O–H groups in total. The Hall–Kier alpha value is -2.08. The van der Waals surface area contributed by atoms with Crippen LogP contribution in [0.1, 0.15) is 16.8 Å². The molecule has 0 atom stereocenters. The van der Waals surface area contributed by atoms with Crippen LogP contribution >= 0.6 is 15.9 Å². The summed E-state index contributed by atoms with van der Waals surface area (Å²) in [4.78, 5) is 6.48. The first kappa shape index (κ1) is 15.3. The number of oxime groups is 1. The number of hydrogen-bond acceptors (Lipinski definition) is 4. The zero-order chi connectivity index (χ0) is 15.4. The second kappa shape index (κ2) is 6.58. The summed E-state index contributed by atoms with van der Waals surface area (Å²) in [6, 6.07) is 11.7. The minimum absolute atomic E-state index is 0.0543. The Labute approximate surface area is 132 Å². The van der Waals surface area contributed by atoms with Gasteiger partial charge in [0.25, 0.3) is 0 Å². The zero-order valence-electron chi connectivity index (χ0n) is 11.9. The van der Waals surface area contributed by atoms with E-state index < -0.39 is 0 Å². The minimum Gasteiger partial charge on any atom is -0.409 e. The summed E-state index contributed by atoms with van der Waals surface area (Å²) >= 11 is 3.46. The molecule has 0 aliphatic rings. The predicted octanol–water partition coefficient (Wildman–Crippen LogP) is 2.88. The minimum atomic E-state index is 0.0543. The molecule has 1 aromatic heterocycles. The highest BCUT2D eigenvalue weighted by atomic mass is 79.9. The van der Waals surface area contributed by atoms with Crippen molar-refractivity contribution >= 4 is 27.6 Å². The first-order valence-electron chi connectivity index (χ1n) is 6.42. The molecular weight excluding hydrogens is 332 g/mol. The van der Waals surface area contributed by atoms with Crippen LogP contribution < -0.4 is 10.6 Å². The highest BCUT2D eigenvalue weighted by Crippen LogP contribution is 2.20. The molecule has 0 spiro atoms. The van der Waals surface area contributed by atoms with Crippen molar-refractivity contribution in [3.05, 3.63) is 57.7 Å². The van der Waals surface area contributed by atoms with Crippen molar-refractivity contribution in [2.75, 3.05) is 11.9 Å². The summed E-state index contributed by atoms with van der Waals surface area (Å²) in [6.45, 7) is 2.58. The van der Waals surface area contributed by atoms with Crippen molar-refractivity contribution in [3.63, 3.8) is 0 Å². The molecule has 6 heteroatoms. The molecule has 0 bridgehead atoms. The van der Waals surface area contributed by atoms with E-state index in [2.05, 4.69) is 32.1 Å². The topological polar surface area (TPSA) is 74.7 Å². The summed E-state index contributed by atoms with van der Waals surface area (Å²) in [5.74, 6) is 0.740. The highest BCUT2D eigenvalue weighted by molar-refractivity contribution is 9.10. The van der Waals surface area contributed by atoms with Gasteiger partial charge in [0, 0.05) is 23.8 Å². The lowest BCUT2D eigenvalue weighted by Crippen LogP contribution is -2.24. The number of aromatic nitrogens is 1. The highest BCUT2D eigenvalue weighted by Gasteiger charge is 2.13. The van der Waals surface area contributed by atoms with E-state index in [1.165, 1.54) is 0 Å². The Morgan fingerprint density at radius 1 is 1.38 bits per heavy atom. The van der Waals surface area contributed by atoms with E-state index in [4.69, 9.17) is 10.9 Å². The fraction of sp³-hybridized carbons (Fsp3) is 0.200. The summed E-state index contributed by atoms with van der Waals surface area (Å²) in [5.41, 5.74) is 8.35. The maximum Gasteiger partial charge on any atom is 0.173 e. The smallest absolute Gasteiger partial charge is 0.173 e. The average molecular weight is 349 g/mol. The molecule has 1 heterocycles. The molecular formula is C15H17BrN4O. The van der Waals surface area contributed by atoms with E-state index in [1.54, 1.807) is 0 Å². The van der Waals surface area contributed by atoms with Gasteiger partial charge in [0.15, 0.2) is 5.84 Å². The van der Waals surface area contributed by atoms with Crippen LogP contribution in [0.15, 0.2) is 46.0 Å². The first-order chi connectivity index (χ1) is 10.0. The molecule has 110 valence electrons. The maximum absolute atomic E-state index is 8.90. The second-order valence-electron chi connectivity index (χ2n) is 4.80. The summed E-state index contributed by atoms with van der Waals surface area (Å²) in [5, 5.41) is 12.0. The summed E-state index contributed by atoms with van der Waals surface area (Å²) in [7, 11) is 1.93. The fourth-order valence-corrected chi connectivity index (χ4v) is 2.52. The molecule has 0 unspecified atom stereocenters. The average Bonchev–Trinajstić information content (AvgIpc) is 2.46. The van der Waals surface area contributed by atoms with Crippen molar-refractivity contribution in [2.24, 2.45) is 10.9 Å². The third kappa shape index (κ3) is 3.72. The van der Waals surface area contributed by atoms with E-state index in [0.717, 1.165) is 15.7 Å². The van der Waals surface area contributed by atoms with E-state index >= 15 is 0 Å². The van der Waals surface area contributed by atoms with Crippen LogP contribution in [0, 0.1) is 6.92 Å². The lowest BCUT2D eigenvalue weighted by molar-refractivity contribution is 0.318. The normalized spacial score (nSPS) is 11.5. The lowest BCUT2D eigenvalue weighted by atomic mass is 10.1. The van der Waals surface area contributed by atoms with Gasteiger partial charge in [-0.05, 0) is 36.8 Å². The number of nitrogens with two attached hydrogens (primary N) is 1. The summed E-state index contributed by atoms with van der Waals surface area (Å²) < 4.78 is 1.03. The Morgan fingerprint density at radius 2 is 2.14 bits per heavy atom. The molecule has 1 aromatic carbocycles. The van der Waals surface area contributed by atoms with Gasteiger partial charge in [-0.2, -0.15) is 0 Å². The van der Waals surface area contributed by atoms with Crippen molar-refractivity contribution < 1.29 is 5.21 Å². The molecule has 0 saturated carbocycles. The lowest BCUT2D eigenvalue weighted by Gasteiger charge is -2.21. The van der Waals surface area contributed by atoms with Gasteiger partial charge in [-0.15, -0.1) is 0 Å². The number of anilines is 1. The molecule has 0 saturated heterocycles. The van der Waals surface area contributed by atoms with Crippen molar-refractivity contribution in [1.82, 2.24) is 4.98 Å². The van der Waals surface area contributed by atoms with Gasteiger partial charge < -0.3 is 15.8 Å². The van der Waals surface area contributed by atoms with Crippen LogP contribution in [-0.4, -0.2) is 23.1 Å². The molecule has 5 nitrogen and oxygen atoms in total. The van der Waals surface area contributed by atoms with Crippen LogP contribution in [0.25, 0.3) is 0 Å². The van der Waals surface area contributed by atoms with Crippen LogP contribution in [-0.2, 0) is 6.54 Å². The van der Waals surface area contributed by atoms with E-state index in [-0.39, 0.29) is 5.84 Å². The number of hydrogen-bond donors (Lipinski definition) is 2. The van der Waals surface area contributed by atoms with Gasteiger partial charge >= 0.3 is 0 Å². The number of nitrogens with zero attached hydrogens (tertiary/aromatic N) is 3. The van der Waals surface area contributed by atoms with Crippen LogP contribution in [0.4, 0.5) is 5.82 Å². The molecule has 0 aliphatic carbocycles. The number of halogens is 1. The van der Waals surface area contributed by atoms with Gasteiger partial charge in [-0.3, -0.25) is 0 Å². The number of amidine groups is 1. The zero-order valence-corrected chi connectivity index (χ0v) is 13.5. The van der Waals surface area contributed by atoms with Gasteiger partial charge in [0.1, 0.15) is 5.82 Å². The van der Waals surface area contributed by atoms with Crippen molar-refractivity contribution in [3.8, 4) is 0 Å². The third-order valence-corrected chi connectivity index (χ3v) is 3.56. The number of pyridine rings is 1. The Kier molecular flexibility index (Phi) is 4.80. The molecule has 0 amide bonds. The van der Waals surface area contributed by atoms with Gasteiger partial charge in [-0.1, -0.05) is 33.2 Å². The van der Waals surface area contributed by atoms with Crippen LogP contribution in [0.5, 0.6) is 0 Å². The molecule has 0 aliphatic heterocycles. The molecule has 2 aromatic rings. The first-order valence-corrected chi connectivity index (χ1v) is 7.21. The molecule has 0 radical (unpaired) electrons. The van der Waals surface area contributed by atoms with E-state index in [0.29, 0.717) is 17.9 Å². The molecule has 2 rings (SSSR count). The van der Waals surface area contributed by atoms with E-state index in [1.807, 2.05) is 49.2 Å². The van der Waals surface area contributed by atoms with E-state index in [9.17, 15) is 0 Å². The number of benzene rings is 1. The van der Waals surface area contributed by atoms with Gasteiger partial charge in [0.05, 0.1) is 5.56 Å². The van der Waals surface area contributed by atoms with Gasteiger partial charge in [0.2, 0.25) is 0 Å². The van der Waals surface area contributed by atoms with Crippen LogP contribution in [0.2, 0.25) is 0 Å². The SMILES string of the molecule is Cc1ccc(C(N)=NO)c(N(C)Cc2cccc(Br)c2)n1. The van der Waals surface area contributed by atoms with Gasteiger partial charge in [-0.25, -0.2) is 4.98 Å². The molecule has 21 heavy (non-hydrogen) atoms. The Bertz CT molecular complexity index is 672. The largest absolute Gasteiger partial charge is 0.409 e. The van der Waals surface area contributed by atoms with Crippen molar-refractivity contribution in [2.45, 2.75) is 13.5 Å². The maximum atomic E-state index is 8.90. The summed E-state index contributed by atoms with van der Waals surface area (Å²) in [6.07, 6.45) is 0. The second-order valence-corrected chi connectivity index (χ2v) is 5.71. The monoisotopic (exact) mass is 348 g/mol.